The van der Waals surface area contributed by atoms with Crippen LogP contribution in [-0.4, -0.2) is 18.4 Å². The fourth-order valence-electron chi connectivity index (χ4n) is 0.918. The van der Waals surface area contributed by atoms with Crippen LogP contribution in [0.3, 0.4) is 0 Å². The Hall–Kier alpha value is -0.570. The normalized spacial score (nSPS) is 24.8. The molecule has 58 valence electrons. The van der Waals surface area contributed by atoms with Gasteiger partial charge in [0.2, 0.25) is 0 Å². The smallest absolute Gasteiger partial charge is 0.145 e. The number of rotatable bonds is 2. The van der Waals surface area contributed by atoms with Crippen molar-refractivity contribution in [2.24, 2.45) is 16.8 Å². The predicted molar refractivity (Wildman–Crippen MR) is 40.8 cm³/mol. The van der Waals surface area contributed by atoms with E-state index < -0.39 is 0 Å². The Bertz CT molecular complexity index is 143. The van der Waals surface area contributed by atoms with Gasteiger partial charge in [0.1, 0.15) is 6.10 Å². The Balaban J connectivity index is 2.39. The summed E-state index contributed by atoms with van der Waals surface area (Å²) >= 11 is 0. The number of hydrogen-bond acceptors (Lipinski definition) is 3. The van der Waals surface area contributed by atoms with Gasteiger partial charge in [0.25, 0.3) is 0 Å². The van der Waals surface area contributed by atoms with Gasteiger partial charge < -0.3 is 10.6 Å². The first kappa shape index (κ1) is 7.54. The highest BCUT2D eigenvalue weighted by Crippen LogP contribution is 2.14. The summed E-state index contributed by atoms with van der Waals surface area (Å²) in [6.07, 6.45) is 1.05. The summed E-state index contributed by atoms with van der Waals surface area (Å²) < 4.78 is 0. The quantitative estimate of drug-likeness (QED) is 0.618. The third-order valence-corrected chi connectivity index (χ3v) is 1.69. The molecule has 0 aromatic carbocycles. The standard InChI is InChI=1S/C7H14N2O/c1-5(2)7-3-6(4-8)10-9-7/h5-6H,3-4,8H2,1-2H3/t6-/m1/s1. The Kier molecular flexibility index (Phi) is 2.27. The van der Waals surface area contributed by atoms with E-state index in [1.165, 1.54) is 0 Å². The first-order chi connectivity index (χ1) is 4.74. The van der Waals surface area contributed by atoms with E-state index in [9.17, 15) is 0 Å². The molecule has 0 unspecified atom stereocenters. The first-order valence-corrected chi connectivity index (χ1v) is 3.66. The SMILES string of the molecule is CC(C)C1=NO[C@@H](CN)C1. The number of hydrogen-bond donors (Lipinski definition) is 1. The topological polar surface area (TPSA) is 47.6 Å². The van der Waals surface area contributed by atoms with E-state index in [4.69, 9.17) is 10.6 Å². The van der Waals surface area contributed by atoms with E-state index in [2.05, 4.69) is 19.0 Å². The lowest BCUT2D eigenvalue weighted by Crippen LogP contribution is -2.20. The van der Waals surface area contributed by atoms with Crippen molar-refractivity contribution >= 4 is 5.71 Å². The van der Waals surface area contributed by atoms with Crippen LogP contribution in [0.4, 0.5) is 0 Å². The van der Waals surface area contributed by atoms with Crippen LogP contribution in [-0.2, 0) is 4.84 Å². The molecule has 3 nitrogen and oxygen atoms in total. The van der Waals surface area contributed by atoms with E-state index in [1.54, 1.807) is 0 Å². The van der Waals surface area contributed by atoms with Gasteiger partial charge in [0, 0.05) is 13.0 Å². The Morgan fingerprint density at radius 1 is 1.80 bits per heavy atom. The zero-order chi connectivity index (χ0) is 7.56. The lowest BCUT2D eigenvalue weighted by atomic mass is 10.0. The summed E-state index contributed by atoms with van der Waals surface area (Å²) in [4.78, 5) is 5.04. The summed E-state index contributed by atoms with van der Waals surface area (Å²) in [5, 5.41) is 3.92. The van der Waals surface area contributed by atoms with Gasteiger partial charge in [-0.05, 0) is 5.92 Å². The van der Waals surface area contributed by atoms with Crippen molar-refractivity contribution in [2.45, 2.75) is 26.4 Å². The van der Waals surface area contributed by atoms with Crippen LogP contribution >= 0.6 is 0 Å². The highest BCUT2D eigenvalue weighted by Gasteiger charge is 2.20. The third kappa shape index (κ3) is 1.48. The molecule has 3 heteroatoms. The van der Waals surface area contributed by atoms with Crippen molar-refractivity contribution in [1.29, 1.82) is 0 Å². The highest BCUT2D eigenvalue weighted by molar-refractivity contribution is 5.87. The van der Waals surface area contributed by atoms with Crippen LogP contribution in [0, 0.1) is 5.92 Å². The molecule has 1 aliphatic heterocycles. The average Bonchev–Trinajstić information content (AvgIpc) is 2.34. The molecular weight excluding hydrogens is 128 g/mol. The van der Waals surface area contributed by atoms with Crippen LogP contribution in [0.25, 0.3) is 0 Å². The minimum Gasteiger partial charge on any atom is -0.391 e. The van der Waals surface area contributed by atoms with Crippen molar-refractivity contribution < 1.29 is 4.84 Å². The second-order valence-electron chi connectivity index (χ2n) is 2.90. The minimum atomic E-state index is 0.136. The van der Waals surface area contributed by atoms with Gasteiger partial charge in [-0.15, -0.1) is 0 Å². The zero-order valence-electron chi connectivity index (χ0n) is 6.50. The Morgan fingerprint density at radius 3 is 2.80 bits per heavy atom. The number of oxime groups is 1. The summed E-state index contributed by atoms with van der Waals surface area (Å²) in [6.45, 7) is 4.79. The van der Waals surface area contributed by atoms with E-state index in [-0.39, 0.29) is 6.10 Å². The molecule has 1 rings (SSSR count). The summed E-state index contributed by atoms with van der Waals surface area (Å²) in [7, 11) is 0. The second-order valence-corrected chi connectivity index (χ2v) is 2.90. The van der Waals surface area contributed by atoms with Gasteiger partial charge in [-0.1, -0.05) is 19.0 Å². The molecule has 0 bridgehead atoms. The lowest BCUT2D eigenvalue weighted by molar-refractivity contribution is 0.0918. The fraction of sp³-hybridized carbons (Fsp3) is 0.857. The molecule has 0 aliphatic carbocycles. The molecular formula is C7H14N2O. The molecule has 0 fully saturated rings. The van der Waals surface area contributed by atoms with Gasteiger partial charge in [-0.25, -0.2) is 0 Å². The molecule has 0 spiro atoms. The lowest BCUT2D eigenvalue weighted by Gasteiger charge is -2.03. The fourth-order valence-corrected chi connectivity index (χ4v) is 0.918. The monoisotopic (exact) mass is 142 g/mol. The molecule has 0 amide bonds. The predicted octanol–water partition coefficient (Wildman–Crippen LogP) is 0.746. The number of nitrogens with two attached hydrogens (primary N) is 1. The van der Waals surface area contributed by atoms with Crippen molar-refractivity contribution in [2.75, 3.05) is 6.54 Å². The van der Waals surface area contributed by atoms with Gasteiger partial charge >= 0.3 is 0 Å². The first-order valence-electron chi connectivity index (χ1n) is 3.66. The van der Waals surface area contributed by atoms with Crippen LogP contribution < -0.4 is 5.73 Å². The van der Waals surface area contributed by atoms with Crippen LogP contribution in [0.15, 0.2) is 5.16 Å². The van der Waals surface area contributed by atoms with Crippen LogP contribution in [0.2, 0.25) is 0 Å². The Labute approximate surface area is 61.2 Å². The maximum absolute atomic E-state index is 5.40. The molecule has 0 radical (unpaired) electrons. The van der Waals surface area contributed by atoms with Crippen molar-refractivity contribution in [1.82, 2.24) is 0 Å². The molecule has 0 aromatic rings. The molecule has 0 saturated carbocycles. The van der Waals surface area contributed by atoms with Crippen LogP contribution in [0.5, 0.6) is 0 Å². The molecule has 1 heterocycles. The second kappa shape index (κ2) is 3.01. The van der Waals surface area contributed by atoms with Gasteiger partial charge in [-0.3, -0.25) is 0 Å². The molecule has 0 saturated heterocycles. The van der Waals surface area contributed by atoms with Crippen molar-refractivity contribution in [3.05, 3.63) is 0 Å². The summed E-state index contributed by atoms with van der Waals surface area (Å²) in [5.41, 5.74) is 6.53. The van der Waals surface area contributed by atoms with E-state index in [1.807, 2.05) is 0 Å². The molecule has 1 aliphatic rings. The molecule has 0 aromatic heterocycles. The highest BCUT2D eigenvalue weighted by atomic mass is 16.6. The minimum absolute atomic E-state index is 0.136. The van der Waals surface area contributed by atoms with Crippen molar-refractivity contribution in [3.8, 4) is 0 Å². The molecule has 1 atom stereocenters. The van der Waals surface area contributed by atoms with Gasteiger partial charge in [0.05, 0.1) is 5.71 Å². The van der Waals surface area contributed by atoms with E-state index in [0.717, 1.165) is 12.1 Å². The van der Waals surface area contributed by atoms with E-state index >= 15 is 0 Å². The summed E-state index contributed by atoms with van der Waals surface area (Å²) in [6, 6.07) is 0. The van der Waals surface area contributed by atoms with Gasteiger partial charge in [0.15, 0.2) is 0 Å². The Morgan fingerprint density at radius 2 is 2.50 bits per heavy atom. The number of nitrogens with zero attached hydrogens (tertiary/aromatic N) is 1. The van der Waals surface area contributed by atoms with Gasteiger partial charge in [-0.2, -0.15) is 0 Å². The maximum Gasteiger partial charge on any atom is 0.145 e. The van der Waals surface area contributed by atoms with Crippen LogP contribution in [0.1, 0.15) is 20.3 Å². The zero-order valence-corrected chi connectivity index (χ0v) is 6.50. The third-order valence-electron chi connectivity index (χ3n) is 1.69. The molecule has 2 N–H and O–H groups in total. The largest absolute Gasteiger partial charge is 0.391 e. The maximum atomic E-state index is 5.40. The van der Waals surface area contributed by atoms with E-state index in [0.29, 0.717) is 12.5 Å². The van der Waals surface area contributed by atoms with Crippen molar-refractivity contribution in [3.63, 3.8) is 0 Å². The average molecular weight is 142 g/mol. The molecule has 10 heavy (non-hydrogen) atoms. The summed E-state index contributed by atoms with van der Waals surface area (Å²) in [5.74, 6) is 0.497.